The highest BCUT2D eigenvalue weighted by molar-refractivity contribution is 5.84. The minimum absolute atomic E-state index is 0.508. The molecule has 2 rings (SSSR count). The van der Waals surface area contributed by atoms with Gasteiger partial charge in [-0.3, -0.25) is 0 Å². The number of hydrogen-bond donors (Lipinski definition) is 2. The molecule has 1 aliphatic rings. The van der Waals surface area contributed by atoms with E-state index < -0.39 is 0 Å². The van der Waals surface area contributed by atoms with Crippen LogP contribution in [0.2, 0.25) is 0 Å². The van der Waals surface area contributed by atoms with Crippen LogP contribution in [0.5, 0.6) is 0 Å². The van der Waals surface area contributed by atoms with Gasteiger partial charge < -0.3 is 15.5 Å². The van der Waals surface area contributed by atoms with Gasteiger partial charge in [-0.2, -0.15) is 0 Å². The van der Waals surface area contributed by atoms with E-state index in [1.807, 2.05) is 0 Å². The van der Waals surface area contributed by atoms with Gasteiger partial charge in [0.2, 0.25) is 0 Å². The van der Waals surface area contributed by atoms with Crippen LogP contribution in [0.1, 0.15) is 13.8 Å². The van der Waals surface area contributed by atoms with E-state index in [9.17, 15) is 0 Å². The first-order valence-electron chi connectivity index (χ1n) is 5.90. The molecule has 0 bridgehead atoms. The van der Waals surface area contributed by atoms with Gasteiger partial charge in [-0.05, 0) is 18.1 Å². The zero-order valence-corrected chi connectivity index (χ0v) is 10.5. The van der Waals surface area contributed by atoms with E-state index >= 15 is 0 Å². The molecule has 0 aromatic heterocycles. The molecule has 1 aromatic carbocycles. The van der Waals surface area contributed by atoms with E-state index in [-0.39, 0.29) is 0 Å². The molecule has 1 aromatic rings. The number of benzene rings is 1. The van der Waals surface area contributed by atoms with Crippen LogP contribution in [0.4, 0.5) is 17.1 Å². The third-order valence-corrected chi connectivity index (χ3v) is 3.17. The quantitative estimate of drug-likeness (QED) is 0.800. The lowest BCUT2D eigenvalue weighted by atomic mass is 10.0. The van der Waals surface area contributed by atoms with E-state index in [4.69, 9.17) is 0 Å². The fourth-order valence-corrected chi connectivity index (χ4v) is 2.07. The molecule has 0 amide bonds. The minimum Gasteiger partial charge on any atom is -0.381 e. The third-order valence-electron chi connectivity index (χ3n) is 3.17. The summed E-state index contributed by atoms with van der Waals surface area (Å²) in [5.41, 5.74) is 3.69. The maximum atomic E-state index is 3.64. The standard InChI is InChI=1S/C13H21N3/c1-9(2)11-8-14-10-6-5-7-12(16(3)4)13(10)15-11/h5-7,9,11,14-15H,8H2,1-4H3/t11-/m1/s1. The number of rotatable bonds is 2. The number of para-hydroxylation sites is 1. The summed E-state index contributed by atoms with van der Waals surface area (Å²) in [5, 5.41) is 7.14. The summed E-state index contributed by atoms with van der Waals surface area (Å²) in [6.45, 7) is 5.51. The van der Waals surface area contributed by atoms with Gasteiger partial charge in [-0.1, -0.05) is 19.9 Å². The van der Waals surface area contributed by atoms with Crippen molar-refractivity contribution in [2.45, 2.75) is 19.9 Å². The topological polar surface area (TPSA) is 27.3 Å². The second-order valence-corrected chi connectivity index (χ2v) is 4.97. The summed E-state index contributed by atoms with van der Waals surface area (Å²) in [6, 6.07) is 6.88. The first-order chi connectivity index (χ1) is 7.59. The Morgan fingerprint density at radius 1 is 1.31 bits per heavy atom. The molecule has 2 N–H and O–H groups in total. The molecule has 1 aliphatic heterocycles. The number of nitrogens with one attached hydrogen (secondary N) is 2. The number of fused-ring (bicyclic) bond motifs is 1. The summed E-state index contributed by atoms with van der Waals surface area (Å²) in [4.78, 5) is 2.15. The van der Waals surface area contributed by atoms with E-state index in [1.54, 1.807) is 0 Å². The van der Waals surface area contributed by atoms with Crippen molar-refractivity contribution >= 4 is 17.1 Å². The van der Waals surface area contributed by atoms with Crippen molar-refractivity contribution in [1.29, 1.82) is 0 Å². The summed E-state index contributed by atoms with van der Waals surface area (Å²) >= 11 is 0. The van der Waals surface area contributed by atoms with Crippen molar-refractivity contribution in [2.24, 2.45) is 5.92 Å². The van der Waals surface area contributed by atoms with Crippen LogP contribution in [0, 0.1) is 5.92 Å². The van der Waals surface area contributed by atoms with Gasteiger partial charge in [0.25, 0.3) is 0 Å². The fourth-order valence-electron chi connectivity index (χ4n) is 2.07. The van der Waals surface area contributed by atoms with Gasteiger partial charge in [0, 0.05) is 26.7 Å². The smallest absolute Gasteiger partial charge is 0.0816 e. The Hall–Kier alpha value is -1.38. The van der Waals surface area contributed by atoms with Gasteiger partial charge >= 0.3 is 0 Å². The maximum Gasteiger partial charge on any atom is 0.0816 e. The molecular formula is C13H21N3. The van der Waals surface area contributed by atoms with Gasteiger partial charge in [-0.15, -0.1) is 0 Å². The summed E-state index contributed by atoms with van der Waals surface area (Å²) in [5.74, 6) is 0.635. The maximum absolute atomic E-state index is 3.64. The van der Waals surface area contributed by atoms with Gasteiger partial charge in [0.15, 0.2) is 0 Å². The van der Waals surface area contributed by atoms with E-state index in [2.05, 4.69) is 61.7 Å². The lowest BCUT2D eigenvalue weighted by Crippen LogP contribution is -2.37. The van der Waals surface area contributed by atoms with Gasteiger partial charge in [0.1, 0.15) is 0 Å². The zero-order chi connectivity index (χ0) is 11.7. The van der Waals surface area contributed by atoms with Gasteiger partial charge in [0.05, 0.1) is 17.1 Å². The predicted octanol–water partition coefficient (Wildman–Crippen LogP) is 2.61. The summed E-state index contributed by atoms with van der Waals surface area (Å²) < 4.78 is 0. The number of nitrogens with zero attached hydrogens (tertiary/aromatic N) is 1. The molecule has 0 fully saturated rings. The van der Waals surface area contributed by atoms with E-state index in [0.717, 1.165) is 6.54 Å². The highest BCUT2D eigenvalue weighted by Gasteiger charge is 2.22. The van der Waals surface area contributed by atoms with Gasteiger partial charge in [-0.25, -0.2) is 0 Å². The Kier molecular flexibility index (Phi) is 2.95. The zero-order valence-electron chi connectivity index (χ0n) is 10.5. The molecule has 0 radical (unpaired) electrons. The molecule has 0 aliphatic carbocycles. The SMILES string of the molecule is CC(C)[C@H]1CNc2cccc(N(C)C)c2N1. The van der Waals surface area contributed by atoms with Crippen LogP contribution >= 0.6 is 0 Å². The van der Waals surface area contributed by atoms with Crippen LogP contribution in [-0.2, 0) is 0 Å². The normalized spacial score (nSPS) is 18.7. The van der Waals surface area contributed by atoms with Crippen molar-refractivity contribution in [2.75, 3.05) is 36.2 Å². The minimum atomic E-state index is 0.508. The third kappa shape index (κ3) is 1.94. The molecule has 88 valence electrons. The molecule has 0 unspecified atom stereocenters. The molecule has 1 heterocycles. The summed E-state index contributed by atoms with van der Waals surface area (Å²) in [6.07, 6.45) is 0. The molecule has 0 saturated heterocycles. The van der Waals surface area contributed by atoms with Crippen LogP contribution in [-0.4, -0.2) is 26.7 Å². The monoisotopic (exact) mass is 219 g/mol. The predicted molar refractivity (Wildman–Crippen MR) is 71.5 cm³/mol. The van der Waals surface area contributed by atoms with Crippen molar-refractivity contribution < 1.29 is 0 Å². The average molecular weight is 219 g/mol. The molecule has 3 nitrogen and oxygen atoms in total. The van der Waals surface area contributed by atoms with Crippen LogP contribution in [0.15, 0.2) is 18.2 Å². The van der Waals surface area contributed by atoms with Crippen molar-refractivity contribution in [3.63, 3.8) is 0 Å². The first-order valence-corrected chi connectivity index (χ1v) is 5.90. The van der Waals surface area contributed by atoms with E-state index in [0.29, 0.717) is 12.0 Å². The van der Waals surface area contributed by atoms with Crippen molar-refractivity contribution in [3.8, 4) is 0 Å². The fraction of sp³-hybridized carbons (Fsp3) is 0.538. The lowest BCUT2D eigenvalue weighted by molar-refractivity contribution is 0.536. The van der Waals surface area contributed by atoms with Crippen molar-refractivity contribution in [1.82, 2.24) is 0 Å². The Morgan fingerprint density at radius 3 is 2.69 bits per heavy atom. The Morgan fingerprint density at radius 2 is 2.06 bits per heavy atom. The van der Waals surface area contributed by atoms with Crippen molar-refractivity contribution in [3.05, 3.63) is 18.2 Å². The highest BCUT2D eigenvalue weighted by Crippen LogP contribution is 2.36. The van der Waals surface area contributed by atoms with Crippen LogP contribution in [0.25, 0.3) is 0 Å². The number of anilines is 3. The highest BCUT2D eigenvalue weighted by atomic mass is 15.1. The largest absolute Gasteiger partial charge is 0.381 e. The molecule has 1 atom stereocenters. The Labute approximate surface area is 97.8 Å². The summed E-state index contributed by atoms with van der Waals surface area (Å²) in [7, 11) is 4.16. The molecule has 16 heavy (non-hydrogen) atoms. The average Bonchev–Trinajstić information content (AvgIpc) is 2.27. The molecule has 0 saturated carbocycles. The molecular weight excluding hydrogens is 198 g/mol. The van der Waals surface area contributed by atoms with E-state index in [1.165, 1.54) is 17.1 Å². The molecule has 0 spiro atoms. The molecule has 3 heteroatoms. The second kappa shape index (κ2) is 4.24. The number of hydrogen-bond acceptors (Lipinski definition) is 3. The Bertz CT molecular complexity index is 371. The van der Waals surface area contributed by atoms with Crippen LogP contribution in [0.3, 0.4) is 0 Å². The van der Waals surface area contributed by atoms with Crippen LogP contribution < -0.4 is 15.5 Å². The Balaban J connectivity index is 2.34. The lowest BCUT2D eigenvalue weighted by Gasteiger charge is -2.33. The second-order valence-electron chi connectivity index (χ2n) is 4.97. The first kappa shape index (κ1) is 11.1.